The van der Waals surface area contributed by atoms with Crippen molar-refractivity contribution in [2.45, 2.75) is 6.92 Å². The van der Waals surface area contributed by atoms with Gasteiger partial charge in [-0.3, -0.25) is 0 Å². The van der Waals surface area contributed by atoms with Gasteiger partial charge in [0.15, 0.2) is 0 Å². The summed E-state index contributed by atoms with van der Waals surface area (Å²) in [5, 5.41) is 0.862. The van der Waals surface area contributed by atoms with Crippen molar-refractivity contribution < 1.29 is 25.8 Å². The van der Waals surface area contributed by atoms with E-state index in [0.29, 0.717) is 0 Å². The zero-order valence-corrected chi connectivity index (χ0v) is 18.1. The first-order chi connectivity index (χ1) is 12.3. The molecule has 0 saturated heterocycles. The monoisotopic (exact) mass is 559 g/mol. The Bertz CT molecular complexity index is 908. The summed E-state index contributed by atoms with van der Waals surface area (Å²) in [4.78, 5) is 11.9. The predicted octanol–water partition coefficient (Wildman–Crippen LogP) is 5.54. The van der Waals surface area contributed by atoms with Crippen molar-refractivity contribution in [3.8, 4) is 26.2 Å². The van der Waals surface area contributed by atoms with E-state index in [1.807, 2.05) is 48.5 Å². The standard InChI is InChI=1S/C10H8NOS.C10H8NS.Pt/c1-12-10-6-5-9(13-10)8-4-2-3-7-11-8;1-8-5-6-10(12-8)9-4-2-3-7-11-9;/h2-4,6-7H,1H3;2-5,7H,1H3;/q2*-1;+2. The van der Waals surface area contributed by atoms with E-state index in [0.717, 1.165) is 26.2 Å². The normalized spacial score (nSPS) is 9.62. The molecule has 4 aromatic rings. The molecule has 0 aliphatic rings. The molecule has 0 radical (unpaired) electrons. The molecule has 6 heteroatoms. The Hall–Kier alpha value is -1.81. The SMILES string of the molecule is COc1c[c-]c(-c2ccccn2)s1.Cc1c[c-]c(-c2ccccn2)s1.[Pt+2]. The van der Waals surface area contributed by atoms with Gasteiger partial charge in [0.2, 0.25) is 0 Å². The fourth-order valence-electron chi connectivity index (χ4n) is 2.02. The van der Waals surface area contributed by atoms with Gasteiger partial charge in [-0.15, -0.1) is 6.07 Å². The number of pyridine rings is 2. The van der Waals surface area contributed by atoms with Gasteiger partial charge in [0.1, 0.15) is 0 Å². The minimum absolute atomic E-state index is 0. The van der Waals surface area contributed by atoms with Crippen LogP contribution >= 0.6 is 22.7 Å². The van der Waals surface area contributed by atoms with Crippen LogP contribution in [0, 0.1) is 19.1 Å². The topological polar surface area (TPSA) is 35.0 Å². The average Bonchev–Trinajstić information content (AvgIpc) is 3.33. The van der Waals surface area contributed by atoms with Crippen LogP contribution in [0.3, 0.4) is 0 Å². The Labute approximate surface area is 176 Å². The fraction of sp³-hybridized carbons (Fsp3) is 0.100. The number of hydrogen-bond acceptors (Lipinski definition) is 5. The van der Waals surface area contributed by atoms with E-state index in [1.165, 1.54) is 4.88 Å². The third kappa shape index (κ3) is 5.60. The number of aryl methyl sites for hydroxylation is 1. The van der Waals surface area contributed by atoms with Gasteiger partial charge in [-0.1, -0.05) is 45.8 Å². The van der Waals surface area contributed by atoms with E-state index < -0.39 is 0 Å². The number of ether oxygens (including phenoxy) is 1. The van der Waals surface area contributed by atoms with E-state index in [1.54, 1.807) is 42.2 Å². The summed E-state index contributed by atoms with van der Waals surface area (Å²) < 4.78 is 5.08. The van der Waals surface area contributed by atoms with Crippen LogP contribution in [0.2, 0.25) is 0 Å². The first-order valence-corrected chi connectivity index (χ1v) is 9.26. The zero-order valence-electron chi connectivity index (χ0n) is 14.2. The van der Waals surface area contributed by atoms with Crippen molar-refractivity contribution in [2.24, 2.45) is 0 Å². The summed E-state index contributed by atoms with van der Waals surface area (Å²) in [6, 6.07) is 21.8. The minimum atomic E-state index is 0. The van der Waals surface area contributed by atoms with Gasteiger partial charge >= 0.3 is 21.1 Å². The molecule has 0 aromatic carbocycles. The van der Waals surface area contributed by atoms with E-state index in [4.69, 9.17) is 4.74 Å². The van der Waals surface area contributed by atoms with Gasteiger partial charge in [0.05, 0.1) is 12.2 Å². The van der Waals surface area contributed by atoms with Gasteiger partial charge in [0, 0.05) is 12.4 Å². The van der Waals surface area contributed by atoms with Crippen LogP contribution in [0.5, 0.6) is 5.06 Å². The van der Waals surface area contributed by atoms with Crippen LogP contribution in [0.15, 0.2) is 60.9 Å². The quantitative estimate of drug-likeness (QED) is 0.310. The molecule has 4 heterocycles. The van der Waals surface area contributed by atoms with Crippen molar-refractivity contribution >= 4 is 22.7 Å². The number of hydrogen-bond donors (Lipinski definition) is 0. The molecule has 0 bridgehead atoms. The molecular formula is C20H16N2OPtS2. The van der Waals surface area contributed by atoms with Gasteiger partial charge in [-0.25, -0.2) is 11.3 Å². The summed E-state index contributed by atoms with van der Waals surface area (Å²) in [6.45, 7) is 2.08. The molecule has 0 atom stereocenters. The Morgan fingerprint density at radius 3 is 1.85 bits per heavy atom. The first-order valence-electron chi connectivity index (χ1n) is 7.62. The van der Waals surface area contributed by atoms with Crippen LogP contribution in [0.25, 0.3) is 21.1 Å². The number of rotatable bonds is 3. The summed E-state index contributed by atoms with van der Waals surface area (Å²) in [5.41, 5.74) is 1.95. The van der Waals surface area contributed by atoms with Gasteiger partial charge in [-0.05, 0) is 23.5 Å². The fourth-order valence-corrected chi connectivity index (χ4v) is 3.55. The third-order valence-electron chi connectivity index (χ3n) is 3.19. The maximum Gasteiger partial charge on any atom is 2.00 e. The average molecular weight is 560 g/mol. The predicted molar refractivity (Wildman–Crippen MR) is 104 cm³/mol. The molecule has 0 fully saturated rings. The van der Waals surface area contributed by atoms with Crippen molar-refractivity contribution in [1.29, 1.82) is 0 Å². The first kappa shape index (κ1) is 20.5. The molecule has 0 N–H and O–H groups in total. The van der Waals surface area contributed by atoms with Gasteiger partial charge in [-0.2, -0.15) is 29.5 Å². The summed E-state index contributed by atoms with van der Waals surface area (Å²) >= 11 is 3.27. The second-order valence-corrected chi connectivity index (χ2v) is 7.27. The van der Waals surface area contributed by atoms with Crippen LogP contribution < -0.4 is 4.74 Å². The van der Waals surface area contributed by atoms with Crippen LogP contribution in [-0.2, 0) is 21.1 Å². The van der Waals surface area contributed by atoms with Crippen LogP contribution in [0.4, 0.5) is 0 Å². The molecule has 4 rings (SSSR count). The molecule has 0 saturated carbocycles. The Balaban J connectivity index is 0.000000180. The largest absolute Gasteiger partial charge is 2.00 e. The number of methoxy groups -OCH3 is 1. The number of nitrogens with zero attached hydrogens (tertiary/aromatic N) is 2. The number of aromatic nitrogens is 2. The van der Waals surface area contributed by atoms with E-state index in [9.17, 15) is 0 Å². The molecule has 3 nitrogen and oxygen atoms in total. The third-order valence-corrected chi connectivity index (χ3v) is 5.18. The minimum Gasteiger partial charge on any atom is -0.544 e. The summed E-state index contributed by atoms with van der Waals surface area (Å²) in [6.07, 6.45) is 3.58. The van der Waals surface area contributed by atoms with Crippen molar-refractivity contribution in [3.63, 3.8) is 0 Å². The van der Waals surface area contributed by atoms with E-state index >= 15 is 0 Å². The molecule has 26 heavy (non-hydrogen) atoms. The molecule has 0 aliphatic carbocycles. The second-order valence-electron chi connectivity index (χ2n) is 5.00. The molecular weight excluding hydrogens is 543 g/mol. The van der Waals surface area contributed by atoms with Crippen molar-refractivity contribution in [2.75, 3.05) is 7.11 Å². The maximum atomic E-state index is 5.08. The Kier molecular flexibility index (Phi) is 8.17. The Morgan fingerprint density at radius 2 is 1.42 bits per heavy atom. The molecule has 0 amide bonds. The molecule has 0 unspecified atom stereocenters. The number of thiophene rings is 2. The Morgan fingerprint density at radius 1 is 0.846 bits per heavy atom. The van der Waals surface area contributed by atoms with Crippen LogP contribution in [0.1, 0.15) is 4.88 Å². The molecule has 0 spiro atoms. The molecule has 134 valence electrons. The summed E-state index contributed by atoms with van der Waals surface area (Å²) in [7, 11) is 1.65. The second kappa shape index (κ2) is 10.4. The summed E-state index contributed by atoms with van der Waals surface area (Å²) in [5.74, 6) is 0. The maximum absolute atomic E-state index is 5.08. The molecule has 4 aromatic heterocycles. The van der Waals surface area contributed by atoms with Gasteiger partial charge in [0.25, 0.3) is 0 Å². The molecule has 0 aliphatic heterocycles. The van der Waals surface area contributed by atoms with Crippen LogP contribution in [-0.4, -0.2) is 17.1 Å². The smallest absolute Gasteiger partial charge is 0.544 e. The van der Waals surface area contributed by atoms with Crippen molar-refractivity contribution in [1.82, 2.24) is 9.97 Å². The van der Waals surface area contributed by atoms with Gasteiger partial charge < -0.3 is 14.7 Å². The van der Waals surface area contributed by atoms with E-state index in [2.05, 4.69) is 29.0 Å². The zero-order chi connectivity index (χ0) is 17.5. The van der Waals surface area contributed by atoms with E-state index in [-0.39, 0.29) is 21.1 Å². The van der Waals surface area contributed by atoms with Crippen molar-refractivity contribution in [3.05, 3.63) is 77.9 Å².